The summed E-state index contributed by atoms with van der Waals surface area (Å²) >= 11 is 0. The first kappa shape index (κ1) is 16.1. The summed E-state index contributed by atoms with van der Waals surface area (Å²) < 4.78 is 41.0. The fourth-order valence-corrected chi connectivity index (χ4v) is 3.52. The van der Waals surface area contributed by atoms with Crippen molar-refractivity contribution in [2.45, 2.75) is 24.6 Å². The molecule has 2 aliphatic heterocycles. The van der Waals surface area contributed by atoms with Gasteiger partial charge in [0.25, 0.3) is 0 Å². The van der Waals surface area contributed by atoms with E-state index in [1.165, 1.54) is 12.1 Å². The number of rotatable bonds is 3. The molecule has 2 aromatic carbocycles. The van der Waals surface area contributed by atoms with E-state index < -0.39 is 11.7 Å². The highest BCUT2D eigenvalue weighted by Crippen LogP contribution is 2.52. The van der Waals surface area contributed by atoms with Gasteiger partial charge in [0.1, 0.15) is 12.4 Å². The van der Waals surface area contributed by atoms with Crippen molar-refractivity contribution in [3.63, 3.8) is 0 Å². The Balaban J connectivity index is 1.41. The van der Waals surface area contributed by atoms with E-state index in [4.69, 9.17) is 4.74 Å². The van der Waals surface area contributed by atoms with Gasteiger partial charge >= 0.3 is 6.29 Å². The number of amides is 1. The van der Waals surface area contributed by atoms with Crippen LogP contribution in [0.5, 0.6) is 17.2 Å². The van der Waals surface area contributed by atoms with Crippen LogP contribution in [0.3, 0.4) is 0 Å². The minimum absolute atomic E-state index is 0.0268. The molecule has 0 saturated heterocycles. The number of carbonyl (C=O) groups is 1. The average Bonchev–Trinajstić information content (AvgIpc) is 3.39. The third-order valence-corrected chi connectivity index (χ3v) is 5.09. The van der Waals surface area contributed by atoms with Gasteiger partial charge in [0, 0.05) is 5.56 Å². The summed E-state index contributed by atoms with van der Waals surface area (Å²) in [6, 6.07) is 12.0. The van der Waals surface area contributed by atoms with Gasteiger partial charge in [-0.1, -0.05) is 18.2 Å². The zero-order chi connectivity index (χ0) is 18.6. The Morgan fingerprint density at radius 2 is 1.78 bits per heavy atom. The normalized spacial score (nSPS) is 20.1. The van der Waals surface area contributed by atoms with Gasteiger partial charge in [-0.3, -0.25) is 4.79 Å². The van der Waals surface area contributed by atoms with Crippen molar-refractivity contribution < 1.29 is 27.8 Å². The minimum Gasteiger partial charge on any atom is -0.489 e. The van der Waals surface area contributed by atoms with Gasteiger partial charge in [0.05, 0.1) is 11.1 Å². The van der Waals surface area contributed by atoms with E-state index >= 15 is 0 Å². The Morgan fingerprint density at radius 3 is 2.59 bits per heavy atom. The lowest BCUT2D eigenvalue weighted by atomic mass is 9.94. The van der Waals surface area contributed by atoms with Crippen molar-refractivity contribution in [1.82, 2.24) is 5.32 Å². The number of hydrogen-bond donors (Lipinski definition) is 1. The lowest BCUT2D eigenvalue weighted by molar-refractivity contribution is -0.286. The summed E-state index contributed by atoms with van der Waals surface area (Å²) in [4.78, 5) is 13.0. The highest BCUT2D eigenvalue weighted by Gasteiger charge is 2.53. The number of hydrogen-bond acceptors (Lipinski definition) is 4. The molecule has 1 aliphatic carbocycles. The predicted molar refractivity (Wildman–Crippen MR) is 91.6 cm³/mol. The van der Waals surface area contributed by atoms with E-state index in [-0.39, 0.29) is 17.4 Å². The van der Waals surface area contributed by atoms with Crippen LogP contribution in [0.2, 0.25) is 0 Å². The molecule has 0 radical (unpaired) electrons. The van der Waals surface area contributed by atoms with E-state index in [1.54, 1.807) is 6.07 Å². The molecule has 1 fully saturated rings. The van der Waals surface area contributed by atoms with Gasteiger partial charge in [-0.2, -0.15) is 0 Å². The van der Waals surface area contributed by atoms with Crippen LogP contribution in [0, 0.1) is 0 Å². The quantitative estimate of drug-likeness (QED) is 0.896. The zero-order valence-corrected chi connectivity index (χ0v) is 14.1. The van der Waals surface area contributed by atoms with Crippen LogP contribution in [0.4, 0.5) is 8.78 Å². The van der Waals surface area contributed by atoms with Crippen LogP contribution in [0.25, 0.3) is 5.70 Å². The van der Waals surface area contributed by atoms with Crippen molar-refractivity contribution >= 4 is 11.6 Å². The maximum atomic E-state index is 13.2. The summed E-state index contributed by atoms with van der Waals surface area (Å²) in [5, 5.41) is 2.98. The first-order valence-electron chi connectivity index (χ1n) is 8.61. The van der Waals surface area contributed by atoms with Crippen molar-refractivity contribution in [1.29, 1.82) is 0 Å². The van der Waals surface area contributed by atoms with Crippen molar-refractivity contribution in [3.05, 3.63) is 59.7 Å². The molecule has 5 nitrogen and oxygen atoms in total. The second-order valence-electron chi connectivity index (χ2n) is 6.79. The number of para-hydroxylation sites is 1. The SMILES string of the molecule is O=C(NC1=CCOc2ccccc21)C1(c2ccc3c(c2)OC(F)(F)O3)CC1. The van der Waals surface area contributed by atoms with Crippen molar-refractivity contribution in [3.8, 4) is 17.2 Å². The van der Waals surface area contributed by atoms with Crippen molar-refractivity contribution in [2.75, 3.05) is 6.61 Å². The predicted octanol–water partition coefficient (Wildman–Crippen LogP) is 3.59. The summed E-state index contributed by atoms with van der Waals surface area (Å²) in [6.45, 7) is 0.374. The van der Waals surface area contributed by atoms with Crippen molar-refractivity contribution in [2.24, 2.45) is 0 Å². The van der Waals surface area contributed by atoms with E-state index in [0.717, 1.165) is 5.56 Å². The van der Waals surface area contributed by atoms with Crippen LogP contribution in [0.1, 0.15) is 24.0 Å². The second kappa shape index (κ2) is 5.45. The molecule has 0 atom stereocenters. The van der Waals surface area contributed by atoms with E-state index in [1.807, 2.05) is 30.3 Å². The van der Waals surface area contributed by atoms with Gasteiger partial charge < -0.3 is 19.5 Å². The Kier molecular flexibility index (Phi) is 3.25. The summed E-state index contributed by atoms with van der Waals surface area (Å²) in [6.07, 6.45) is -0.576. The highest BCUT2D eigenvalue weighted by atomic mass is 19.3. The topological polar surface area (TPSA) is 56.8 Å². The molecule has 1 amide bonds. The summed E-state index contributed by atoms with van der Waals surface area (Å²) in [5.74, 6) is 0.467. The lowest BCUT2D eigenvalue weighted by Crippen LogP contribution is -2.34. The smallest absolute Gasteiger partial charge is 0.489 e. The van der Waals surface area contributed by atoms with Gasteiger partial charge in [-0.15, -0.1) is 8.78 Å². The molecule has 27 heavy (non-hydrogen) atoms. The Hall–Kier alpha value is -3.09. The molecule has 0 spiro atoms. The second-order valence-corrected chi connectivity index (χ2v) is 6.79. The van der Waals surface area contributed by atoms with E-state index in [9.17, 15) is 13.6 Å². The third kappa shape index (κ3) is 2.61. The number of nitrogens with one attached hydrogen (secondary N) is 1. The monoisotopic (exact) mass is 371 g/mol. The maximum absolute atomic E-state index is 13.2. The van der Waals surface area contributed by atoms with E-state index in [0.29, 0.717) is 36.5 Å². The van der Waals surface area contributed by atoms with Crippen LogP contribution in [-0.4, -0.2) is 18.8 Å². The molecular weight excluding hydrogens is 356 g/mol. The van der Waals surface area contributed by atoms with Gasteiger partial charge in [0.2, 0.25) is 5.91 Å². The van der Waals surface area contributed by atoms with Crippen LogP contribution in [0.15, 0.2) is 48.5 Å². The standard InChI is InChI=1S/C20H15F2NO4/c21-20(22)26-16-6-5-12(11-17(16)27-20)19(8-9-19)18(24)23-14-7-10-25-15-4-2-1-3-13(14)15/h1-7,11H,8-10H2,(H,23,24). The van der Waals surface area contributed by atoms with Gasteiger partial charge in [-0.25, -0.2) is 0 Å². The Morgan fingerprint density at radius 1 is 1.00 bits per heavy atom. The largest absolute Gasteiger partial charge is 0.586 e. The van der Waals surface area contributed by atoms with Gasteiger partial charge in [-0.05, 0) is 48.7 Å². The van der Waals surface area contributed by atoms with E-state index in [2.05, 4.69) is 14.8 Å². The number of fused-ring (bicyclic) bond motifs is 2. The number of alkyl halides is 2. The molecule has 2 heterocycles. The number of ether oxygens (including phenoxy) is 3. The molecule has 2 aromatic rings. The maximum Gasteiger partial charge on any atom is 0.586 e. The molecule has 0 unspecified atom stereocenters. The Labute approximate surface area is 153 Å². The minimum atomic E-state index is -3.67. The van der Waals surface area contributed by atoms with Crippen LogP contribution >= 0.6 is 0 Å². The molecular formula is C20H15F2NO4. The number of halogens is 2. The van der Waals surface area contributed by atoms with Crippen LogP contribution in [-0.2, 0) is 10.2 Å². The molecule has 1 saturated carbocycles. The third-order valence-electron chi connectivity index (χ3n) is 5.09. The Bertz CT molecular complexity index is 982. The first-order chi connectivity index (χ1) is 13.0. The molecule has 3 aliphatic rings. The zero-order valence-electron chi connectivity index (χ0n) is 14.1. The molecule has 0 aromatic heterocycles. The fourth-order valence-electron chi connectivity index (χ4n) is 3.52. The lowest BCUT2D eigenvalue weighted by Gasteiger charge is -2.22. The number of carbonyl (C=O) groups excluding carboxylic acids is 1. The number of benzene rings is 2. The molecule has 5 rings (SSSR count). The molecule has 138 valence electrons. The fraction of sp³-hybridized carbons (Fsp3) is 0.250. The molecule has 1 N–H and O–H groups in total. The van der Waals surface area contributed by atoms with Crippen LogP contribution < -0.4 is 19.5 Å². The summed E-state index contributed by atoms with van der Waals surface area (Å²) in [5.41, 5.74) is 1.41. The molecule has 0 bridgehead atoms. The molecule has 7 heteroatoms. The highest BCUT2D eigenvalue weighted by molar-refractivity contribution is 5.97. The summed E-state index contributed by atoms with van der Waals surface area (Å²) in [7, 11) is 0. The average molecular weight is 371 g/mol. The van der Waals surface area contributed by atoms with Gasteiger partial charge in [0.15, 0.2) is 11.5 Å². The first-order valence-corrected chi connectivity index (χ1v) is 8.61.